The summed E-state index contributed by atoms with van der Waals surface area (Å²) >= 11 is 0. The lowest BCUT2D eigenvalue weighted by Gasteiger charge is -2.06. The standard InChI is InChI=1S/C17H13F2N3O3/c18-17(19)24-14-9-5-4-8-13(14)10-20-23-11-15-21-22-16(25-15)12-6-2-1-3-7-12/h1-10,17H,11H2/b20-10-. The van der Waals surface area contributed by atoms with E-state index in [0.717, 1.165) is 5.56 Å². The Morgan fingerprint density at radius 1 is 1.04 bits per heavy atom. The second-order valence-corrected chi connectivity index (χ2v) is 4.79. The van der Waals surface area contributed by atoms with Crippen molar-refractivity contribution in [1.82, 2.24) is 10.2 Å². The van der Waals surface area contributed by atoms with Gasteiger partial charge in [0.15, 0.2) is 6.61 Å². The van der Waals surface area contributed by atoms with E-state index in [9.17, 15) is 8.78 Å². The minimum absolute atomic E-state index is 0.00834. The zero-order valence-corrected chi connectivity index (χ0v) is 12.9. The molecule has 3 rings (SSSR count). The van der Waals surface area contributed by atoms with Gasteiger partial charge in [-0.2, -0.15) is 8.78 Å². The van der Waals surface area contributed by atoms with E-state index in [1.54, 1.807) is 18.2 Å². The third kappa shape index (κ3) is 4.60. The summed E-state index contributed by atoms with van der Waals surface area (Å²) in [5, 5.41) is 11.5. The van der Waals surface area contributed by atoms with Gasteiger partial charge in [0.1, 0.15) is 5.75 Å². The molecule has 0 atom stereocenters. The maximum absolute atomic E-state index is 12.3. The van der Waals surface area contributed by atoms with Gasteiger partial charge in [0.2, 0.25) is 5.89 Å². The van der Waals surface area contributed by atoms with Gasteiger partial charge in [-0.25, -0.2) is 0 Å². The van der Waals surface area contributed by atoms with Crippen molar-refractivity contribution in [1.29, 1.82) is 0 Å². The summed E-state index contributed by atoms with van der Waals surface area (Å²) in [6.45, 7) is -2.96. The van der Waals surface area contributed by atoms with Crippen LogP contribution in [0.1, 0.15) is 11.5 Å². The average molecular weight is 345 g/mol. The normalized spacial score (nSPS) is 11.2. The van der Waals surface area contributed by atoms with Gasteiger partial charge in [-0.3, -0.25) is 0 Å². The molecule has 0 aliphatic carbocycles. The first-order valence-corrected chi connectivity index (χ1v) is 7.29. The van der Waals surface area contributed by atoms with Crippen molar-refractivity contribution < 1.29 is 22.8 Å². The second kappa shape index (κ2) is 8.00. The molecule has 0 fully saturated rings. The molecule has 0 unspecified atom stereocenters. The van der Waals surface area contributed by atoms with E-state index in [0.29, 0.717) is 11.5 Å². The van der Waals surface area contributed by atoms with E-state index in [2.05, 4.69) is 20.1 Å². The van der Waals surface area contributed by atoms with Crippen LogP contribution in [-0.4, -0.2) is 23.0 Å². The predicted octanol–water partition coefficient (Wildman–Crippen LogP) is 3.89. The molecule has 25 heavy (non-hydrogen) atoms. The van der Waals surface area contributed by atoms with Crippen LogP contribution in [0.3, 0.4) is 0 Å². The van der Waals surface area contributed by atoms with E-state index in [1.165, 1.54) is 12.3 Å². The molecule has 0 saturated carbocycles. The monoisotopic (exact) mass is 345 g/mol. The van der Waals surface area contributed by atoms with Crippen LogP contribution in [0.4, 0.5) is 8.78 Å². The fourth-order valence-electron chi connectivity index (χ4n) is 1.99. The number of hydrogen-bond acceptors (Lipinski definition) is 6. The van der Waals surface area contributed by atoms with Gasteiger partial charge in [0, 0.05) is 11.1 Å². The lowest BCUT2D eigenvalue weighted by Crippen LogP contribution is -2.04. The summed E-state index contributed by atoms with van der Waals surface area (Å²) in [6, 6.07) is 15.5. The average Bonchev–Trinajstić information content (AvgIpc) is 3.09. The first-order valence-electron chi connectivity index (χ1n) is 7.29. The van der Waals surface area contributed by atoms with Crippen molar-refractivity contribution >= 4 is 6.21 Å². The van der Waals surface area contributed by atoms with Crippen LogP contribution in [0.5, 0.6) is 5.75 Å². The minimum Gasteiger partial charge on any atom is -0.434 e. The number of aromatic nitrogens is 2. The lowest BCUT2D eigenvalue weighted by atomic mass is 10.2. The van der Waals surface area contributed by atoms with Crippen LogP contribution in [-0.2, 0) is 11.4 Å². The maximum Gasteiger partial charge on any atom is 0.387 e. The van der Waals surface area contributed by atoms with Crippen LogP contribution in [0.25, 0.3) is 11.5 Å². The van der Waals surface area contributed by atoms with Crippen molar-refractivity contribution in [2.45, 2.75) is 13.2 Å². The molecular weight excluding hydrogens is 332 g/mol. The Bertz CT molecular complexity index is 838. The number of halogens is 2. The van der Waals surface area contributed by atoms with Gasteiger partial charge in [-0.15, -0.1) is 10.2 Å². The van der Waals surface area contributed by atoms with E-state index in [1.807, 2.05) is 30.3 Å². The highest BCUT2D eigenvalue weighted by Crippen LogP contribution is 2.19. The first kappa shape index (κ1) is 16.6. The fraction of sp³-hybridized carbons (Fsp3) is 0.118. The Morgan fingerprint density at radius 3 is 2.60 bits per heavy atom. The van der Waals surface area contributed by atoms with Crippen molar-refractivity contribution in [3.8, 4) is 17.2 Å². The second-order valence-electron chi connectivity index (χ2n) is 4.79. The van der Waals surface area contributed by atoms with Gasteiger partial charge in [-0.1, -0.05) is 35.5 Å². The molecular formula is C17H13F2N3O3. The third-order valence-corrected chi connectivity index (χ3v) is 3.08. The van der Waals surface area contributed by atoms with Crippen molar-refractivity contribution in [3.63, 3.8) is 0 Å². The third-order valence-electron chi connectivity index (χ3n) is 3.08. The van der Waals surface area contributed by atoms with Crippen LogP contribution < -0.4 is 4.74 Å². The van der Waals surface area contributed by atoms with Gasteiger partial charge in [-0.05, 0) is 24.3 Å². The van der Waals surface area contributed by atoms with E-state index >= 15 is 0 Å². The molecule has 0 spiro atoms. The topological polar surface area (TPSA) is 69.7 Å². The van der Waals surface area contributed by atoms with Crippen LogP contribution in [0, 0.1) is 0 Å². The summed E-state index contributed by atoms with van der Waals surface area (Å²) < 4.78 is 34.5. The Kier molecular flexibility index (Phi) is 5.30. The van der Waals surface area contributed by atoms with Gasteiger partial charge >= 0.3 is 6.61 Å². The molecule has 0 saturated heterocycles. The number of alkyl halides is 2. The molecule has 0 aliphatic rings. The van der Waals surface area contributed by atoms with Crippen molar-refractivity contribution in [2.24, 2.45) is 5.16 Å². The maximum atomic E-state index is 12.3. The SMILES string of the molecule is FC(F)Oc1ccccc1/C=N\OCc1nnc(-c2ccccc2)o1. The molecule has 1 heterocycles. The Labute approximate surface area is 141 Å². The Hall–Kier alpha value is -3.29. The summed E-state index contributed by atoms with van der Waals surface area (Å²) in [7, 11) is 0. The lowest BCUT2D eigenvalue weighted by molar-refractivity contribution is -0.0499. The number of rotatable bonds is 7. The summed E-state index contributed by atoms with van der Waals surface area (Å²) in [5.74, 6) is 0.626. The van der Waals surface area contributed by atoms with Crippen LogP contribution >= 0.6 is 0 Å². The van der Waals surface area contributed by atoms with Crippen LogP contribution in [0.2, 0.25) is 0 Å². The Morgan fingerprint density at radius 2 is 1.80 bits per heavy atom. The zero-order chi connectivity index (χ0) is 17.5. The molecule has 0 aliphatic heterocycles. The molecule has 2 aromatic carbocycles. The molecule has 128 valence electrons. The number of benzene rings is 2. The first-order chi connectivity index (χ1) is 12.2. The molecule has 0 N–H and O–H groups in total. The summed E-state index contributed by atoms with van der Waals surface area (Å²) in [5.41, 5.74) is 1.15. The molecule has 3 aromatic rings. The quantitative estimate of drug-likeness (QED) is 0.480. The number of hydrogen-bond donors (Lipinski definition) is 0. The van der Waals surface area contributed by atoms with Crippen LogP contribution in [0.15, 0.2) is 64.2 Å². The highest BCUT2D eigenvalue weighted by Gasteiger charge is 2.09. The number of oxime groups is 1. The predicted molar refractivity (Wildman–Crippen MR) is 85.2 cm³/mol. The van der Waals surface area contributed by atoms with E-state index in [4.69, 9.17) is 9.25 Å². The zero-order valence-electron chi connectivity index (χ0n) is 12.9. The van der Waals surface area contributed by atoms with Gasteiger partial charge < -0.3 is 14.0 Å². The Balaban J connectivity index is 1.59. The van der Waals surface area contributed by atoms with Crippen molar-refractivity contribution in [2.75, 3.05) is 0 Å². The number of para-hydroxylation sites is 1. The fourth-order valence-corrected chi connectivity index (χ4v) is 1.99. The number of ether oxygens (including phenoxy) is 1. The van der Waals surface area contributed by atoms with Gasteiger partial charge in [0.05, 0.1) is 6.21 Å². The highest BCUT2D eigenvalue weighted by molar-refractivity contribution is 5.83. The smallest absolute Gasteiger partial charge is 0.387 e. The molecule has 6 nitrogen and oxygen atoms in total. The van der Waals surface area contributed by atoms with E-state index < -0.39 is 6.61 Å². The molecule has 0 radical (unpaired) electrons. The molecule has 1 aromatic heterocycles. The summed E-state index contributed by atoms with van der Waals surface area (Å²) in [6.07, 6.45) is 1.27. The minimum atomic E-state index is -2.91. The van der Waals surface area contributed by atoms with E-state index in [-0.39, 0.29) is 18.2 Å². The largest absolute Gasteiger partial charge is 0.434 e. The van der Waals surface area contributed by atoms with Gasteiger partial charge in [0.25, 0.3) is 5.89 Å². The number of nitrogens with zero attached hydrogens (tertiary/aromatic N) is 3. The van der Waals surface area contributed by atoms with Crippen molar-refractivity contribution in [3.05, 3.63) is 66.1 Å². The highest BCUT2D eigenvalue weighted by atomic mass is 19.3. The molecule has 0 bridgehead atoms. The molecule has 8 heteroatoms. The molecule has 0 amide bonds. The summed E-state index contributed by atoms with van der Waals surface area (Å²) in [4.78, 5) is 5.06.